The predicted molar refractivity (Wildman–Crippen MR) is 60.0 cm³/mol. The number of hydrogen-bond acceptors (Lipinski definition) is 4. The number of benzene rings is 1. The number of carbonyl (C=O) groups excluding carboxylic acids is 1. The molecule has 16 heavy (non-hydrogen) atoms. The molecule has 0 fully saturated rings. The van der Waals surface area contributed by atoms with E-state index in [0.29, 0.717) is 23.7 Å². The normalized spacial score (nSPS) is 14.4. The SMILES string of the molecule is CNC1=CC(=O)c2ccc(OC)cc2OC1. The largest absolute Gasteiger partial charge is 0.497 e. The van der Waals surface area contributed by atoms with Crippen molar-refractivity contribution in [3.8, 4) is 11.5 Å². The summed E-state index contributed by atoms with van der Waals surface area (Å²) in [6, 6.07) is 5.18. The number of fused-ring (bicyclic) bond motifs is 1. The van der Waals surface area contributed by atoms with Gasteiger partial charge in [0.05, 0.1) is 18.4 Å². The van der Waals surface area contributed by atoms with Crippen LogP contribution in [0.15, 0.2) is 30.0 Å². The number of allylic oxidation sites excluding steroid dienone is 1. The first-order valence-corrected chi connectivity index (χ1v) is 4.98. The fraction of sp³-hybridized carbons (Fsp3) is 0.250. The summed E-state index contributed by atoms with van der Waals surface area (Å²) in [6.45, 7) is 0.363. The van der Waals surface area contributed by atoms with Gasteiger partial charge in [-0.05, 0) is 12.1 Å². The molecular formula is C12H13NO3. The molecule has 4 heteroatoms. The number of rotatable bonds is 2. The van der Waals surface area contributed by atoms with Gasteiger partial charge in [0.25, 0.3) is 0 Å². The van der Waals surface area contributed by atoms with Crippen molar-refractivity contribution in [2.24, 2.45) is 0 Å². The van der Waals surface area contributed by atoms with Crippen molar-refractivity contribution in [1.82, 2.24) is 5.32 Å². The van der Waals surface area contributed by atoms with Crippen LogP contribution in [0.25, 0.3) is 0 Å². The van der Waals surface area contributed by atoms with E-state index in [0.717, 1.165) is 5.70 Å². The smallest absolute Gasteiger partial charge is 0.191 e. The highest BCUT2D eigenvalue weighted by molar-refractivity contribution is 6.07. The first-order valence-electron chi connectivity index (χ1n) is 4.98. The van der Waals surface area contributed by atoms with Crippen molar-refractivity contribution in [3.63, 3.8) is 0 Å². The van der Waals surface area contributed by atoms with E-state index in [1.54, 1.807) is 38.4 Å². The lowest BCUT2D eigenvalue weighted by Gasteiger charge is -2.09. The molecule has 1 heterocycles. The van der Waals surface area contributed by atoms with Crippen molar-refractivity contribution in [2.45, 2.75) is 0 Å². The molecular weight excluding hydrogens is 206 g/mol. The summed E-state index contributed by atoms with van der Waals surface area (Å²) < 4.78 is 10.6. The Kier molecular flexibility index (Phi) is 2.81. The maximum Gasteiger partial charge on any atom is 0.191 e. The summed E-state index contributed by atoms with van der Waals surface area (Å²) in [5, 5.41) is 2.92. The topological polar surface area (TPSA) is 47.6 Å². The number of methoxy groups -OCH3 is 1. The second-order valence-corrected chi connectivity index (χ2v) is 3.43. The molecule has 0 bridgehead atoms. The summed E-state index contributed by atoms with van der Waals surface area (Å²) in [5.74, 6) is 1.19. The first-order chi connectivity index (χ1) is 7.74. The summed E-state index contributed by atoms with van der Waals surface area (Å²) in [5.41, 5.74) is 1.33. The summed E-state index contributed by atoms with van der Waals surface area (Å²) in [6.07, 6.45) is 1.55. The molecule has 84 valence electrons. The van der Waals surface area contributed by atoms with E-state index < -0.39 is 0 Å². The highest BCUT2D eigenvalue weighted by Gasteiger charge is 2.16. The molecule has 0 saturated carbocycles. The molecule has 0 saturated heterocycles. The third-order valence-electron chi connectivity index (χ3n) is 2.46. The molecule has 0 atom stereocenters. The first kappa shape index (κ1) is 10.5. The van der Waals surface area contributed by atoms with E-state index in [2.05, 4.69) is 5.32 Å². The van der Waals surface area contributed by atoms with E-state index in [9.17, 15) is 4.79 Å². The molecule has 0 unspecified atom stereocenters. The fourth-order valence-corrected chi connectivity index (χ4v) is 1.53. The van der Waals surface area contributed by atoms with Gasteiger partial charge in [0.1, 0.15) is 18.1 Å². The lowest BCUT2D eigenvalue weighted by atomic mass is 10.1. The minimum Gasteiger partial charge on any atom is -0.497 e. The van der Waals surface area contributed by atoms with Crippen molar-refractivity contribution < 1.29 is 14.3 Å². The van der Waals surface area contributed by atoms with Crippen LogP contribution >= 0.6 is 0 Å². The average Bonchev–Trinajstić information content (AvgIpc) is 2.48. The lowest BCUT2D eigenvalue weighted by molar-refractivity contribution is 0.104. The van der Waals surface area contributed by atoms with E-state index in [1.807, 2.05) is 0 Å². The van der Waals surface area contributed by atoms with Crippen LogP contribution in [0, 0.1) is 0 Å². The quantitative estimate of drug-likeness (QED) is 0.816. The highest BCUT2D eigenvalue weighted by Crippen LogP contribution is 2.27. The van der Waals surface area contributed by atoms with Gasteiger partial charge in [0.15, 0.2) is 5.78 Å². The maximum atomic E-state index is 11.8. The Morgan fingerprint density at radius 1 is 1.44 bits per heavy atom. The second-order valence-electron chi connectivity index (χ2n) is 3.43. The third kappa shape index (κ3) is 1.86. The molecule has 1 aliphatic rings. The molecule has 2 rings (SSSR count). The van der Waals surface area contributed by atoms with E-state index in [1.165, 1.54) is 0 Å². The van der Waals surface area contributed by atoms with Gasteiger partial charge < -0.3 is 14.8 Å². The molecule has 4 nitrogen and oxygen atoms in total. The zero-order chi connectivity index (χ0) is 11.5. The number of likely N-dealkylation sites (N-methyl/N-ethyl adjacent to an activating group) is 1. The molecule has 1 N–H and O–H groups in total. The van der Waals surface area contributed by atoms with Crippen LogP contribution in [0.5, 0.6) is 11.5 Å². The number of hydrogen-bond donors (Lipinski definition) is 1. The molecule has 0 amide bonds. The van der Waals surface area contributed by atoms with Gasteiger partial charge >= 0.3 is 0 Å². The standard InChI is InChI=1S/C12H13NO3/c1-13-8-5-11(14)10-4-3-9(15-2)6-12(10)16-7-8/h3-6,13H,7H2,1-2H3. The van der Waals surface area contributed by atoms with Crippen LogP contribution in [0.4, 0.5) is 0 Å². The second kappa shape index (κ2) is 4.26. The van der Waals surface area contributed by atoms with Crippen molar-refractivity contribution >= 4 is 5.78 Å². The van der Waals surface area contributed by atoms with E-state index in [4.69, 9.17) is 9.47 Å². The van der Waals surface area contributed by atoms with Gasteiger partial charge in [0, 0.05) is 19.2 Å². The third-order valence-corrected chi connectivity index (χ3v) is 2.46. The minimum atomic E-state index is -0.0560. The van der Waals surface area contributed by atoms with Gasteiger partial charge in [-0.1, -0.05) is 0 Å². The fourth-order valence-electron chi connectivity index (χ4n) is 1.53. The predicted octanol–water partition coefficient (Wildman–Crippen LogP) is 1.37. The molecule has 1 aliphatic heterocycles. The van der Waals surface area contributed by atoms with Crippen LogP contribution < -0.4 is 14.8 Å². The zero-order valence-corrected chi connectivity index (χ0v) is 9.24. The van der Waals surface area contributed by atoms with Crippen molar-refractivity contribution in [1.29, 1.82) is 0 Å². The van der Waals surface area contributed by atoms with Crippen LogP contribution in [-0.4, -0.2) is 26.5 Å². The molecule has 0 aromatic heterocycles. The van der Waals surface area contributed by atoms with Crippen LogP contribution in [-0.2, 0) is 0 Å². The Balaban J connectivity index is 2.40. The molecule has 0 spiro atoms. The monoisotopic (exact) mass is 219 g/mol. The Morgan fingerprint density at radius 3 is 2.94 bits per heavy atom. The molecule has 0 aliphatic carbocycles. The van der Waals surface area contributed by atoms with Crippen molar-refractivity contribution in [3.05, 3.63) is 35.5 Å². The molecule has 0 radical (unpaired) electrons. The Labute approximate surface area is 93.9 Å². The van der Waals surface area contributed by atoms with Crippen LogP contribution in [0.3, 0.4) is 0 Å². The zero-order valence-electron chi connectivity index (χ0n) is 9.24. The van der Waals surface area contributed by atoms with E-state index in [-0.39, 0.29) is 5.78 Å². The Hall–Kier alpha value is -1.97. The Bertz CT molecular complexity index is 452. The number of ether oxygens (including phenoxy) is 2. The van der Waals surface area contributed by atoms with Gasteiger partial charge in [-0.15, -0.1) is 0 Å². The molecule has 1 aromatic rings. The van der Waals surface area contributed by atoms with Gasteiger partial charge in [-0.2, -0.15) is 0 Å². The van der Waals surface area contributed by atoms with Crippen LogP contribution in [0.1, 0.15) is 10.4 Å². The average molecular weight is 219 g/mol. The number of nitrogens with one attached hydrogen (secondary N) is 1. The number of carbonyl (C=O) groups is 1. The highest BCUT2D eigenvalue weighted by atomic mass is 16.5. The summed E-state index contributed by atoms with van der Waals surface area (Å²) >= 11 is 0. The van der Waals surface area contributed by atoms with Gasteiger partial charge in [-0.25, -0.2) is 0 Å². The van der Waals surface area contributed by atoms with Crippen LogP contribution in [0.2, 0.25) is 0 Å². The maximum absolute atomic E-state index is 11.8. The Morgan fingerprint density at radius 2 is 2.25 bits per heavy atom. The van der Waals surface area contributed by atoms with Gasteiger partial charge in [-0.3, -0.25) is 4.79 Å². The lowest BCUT2D eigenvalue weighted by Crippen LogP contribution is -2.13. The molecule has 1 aromatic carbocycles. The number of ketones is 1. The summed E-state index contributed by atoms with van der Waals surface area (Å²) in [4.78, 5) is 11.8. The van der Waals surface area contributed by atoms with E-state index >= 15 is 0 Å². The summed E-state index contributed by atoms with van der Waals surface area (Å²) in [7, 11) is 3.34. The van der Waals surface area contributed by atoms with Crippen molar-refractivity contribution in [2.75, 3.05) is 20.8 Å². The minimum absolute atomic E-state index is 0.0560. The van der Waals surface area contributed by atoms with Gasteiger partial charge in [0.2, 0.25) is 0 Å².